The van der Waals surface area contributed by atoms with Gasteiger partial charge in [-0.2, -0.15) is 0 Å². The van der Waals surface area contributed by atoms with E-state index < -0.39 is 5.60 Å². The van der Waals surface area contributed by atoms with Crippen molar-refractivity contribution < 1.29 is 14.3 Å². The standard InChI is InChI=1S/C19H38O3S/c1-9-10-11-13-16(20)22-18(4,5)17(2,3)14-12-15-21-19(6,7)23-8/h9-15H2,1-8H3. The molecule has 138 valence electrons. The third-order valence-electron chi connectivity index (χ3n) is 4.87. The highest BCUT2D eigenvalue weighted by Crippen LogP contribution is 2.38. The summed E-state index contributed by atoms with van der Waals surface area (Å²) < 4.78 is 11.7. The molecule has 0 rings (SSSR count). The Morgan fingerprint density at radius 3 is 2.13 bits per heavy atom. The number of carbonyl (C=O) groups excluding carboxylic acids is 1. The van der Waals surface area contributed by atoms with E-state index in [2.05, 4.69) is 40.9 Å². The Labute approximate surface area is 148 Å². The highest BCUT2D eigenvalue weighted by atomic mass is 32.2. The molecule has 0 bridgehead atoms. The molecule has 0 aromatic carbocycles. The Kier molecular flexibility index (Phi) is 9.83. The first-order chi connectivity index (χ1) is 10.5. The number of hydrogen-bond acceptors (Lipinski definition) is 4. The van der Waals surface area contributed by atoms with Gasteiger partial charge in [0.05, 0.1) is 0 Å². The largest absolute Gasteiger partial charge is 0.459 e. The third kappa shape index (κ3) is 8.99. The molecular formula is C19H38O3S. The van der Waals surface area contributed by atoms with Crippen molar-refractivity contribution >= 4 is 17.7 Å². The number of unbranched alkanes of at least 4 members (excludes halogenated alkanes) is 2. The van der Waals surface area contributed by atoms with Gasteiger partial charge in [-0.15, -0.1) is 11.8 Å². The highest BCUT2D eigenvalue weighted by Gasteiger charge is 2.39. The van der Waals surface area contributed by atoms with Crippen LogP contribution in [0.2, 0.25) is 0 Å². The fourth-order valence-corrected chi connectivity index (χ4v) is 2.39. The Bertz CT molecular complexity index is 349. The fourth-order valence-electron chi connectivity index (χ4n) is 2.19. The lowest BCUT2D eigenvalue weighted by molar-refractivity contribution is -0.169. The number of esters is 1. The van der Waals surface area contributed by atoms with Crippen LogP contribution in [0.1, 0.15) is 87.0 Å². The molecular weight excluding hydrogens is 308 g/mol. The van der Waals surface area contributed by atoms with Gasteiger partial charge in [0.2, 0.25) is 0 Å². The number of rotatable bonds is 12. The van der Waals surface area contributed by atoms with Gasteiger partial charge in [0.25, 0.3) is 0 Å². The summed E-state index contributed by atoms with van der Waals surface area (Å²) in [5, 5.41) is 0. The Morgan fingerprint density at radius 2 is 1.61 bits per heavy atom. The van der Waals surface area contributed by atoms with Crippen LogP contribution < -0.4 is 0 Å². The van der Waals surface area contributed by atoms with Gasteiger partial charge in [0.15, 0.2) is 0 Å². The maximum atomic E-state index is 12.0. The summed E-state index contributed by atoms with van der Waals surface area (Å²) in [6.45, 7) is 15.4. The van der Waals surface area contributed by atoms with Crippen molar-refractivity contribution in [3.8, 4) is 0 Å². The first-order valence-electron chi connectivity index (χ1n) is 8.88. The number of carbonyl (C=O) groups is 1. The van der Waals surface area contributed by atoms with Crippen LogP contribution in [-0.4, -0.2) is 29.4 Å². The second-order valence-electron chi connectivity index (χ2n) is 7.88. The van der Waals surface area contributed by atoms with Gasteiger partial charge < -0.3 is 9.47 Å². The van der Waals surface area contributed by atoms with Crippen molar-refractivity contribution in [2.45, 2.75) is 97.5 Å². The van der Waals surface area contributed by atoms with Gasteiger partial charge in [-0.25, -0.2) is 0 Å². The van der Waals surface area contributed by atoms with Gasteiger partial charge in [0, 0.05) is 18.4 Å². The molecule has 0 fully saturated rings. The van der Waals surface area contributed by atoms with E-state index in [1.807, 2.05) is 13.8 Å². The van der Waals surface area contributed by atoms with Crippen LogP contribution in [0.15, 0.2) is 0 Å². The van der Waals surface area contributed by atoms with Crippen LogP contribution in [0, 0.1) is 5.41 Å². The highest BCUT2D eigenvalue weighted by molar-refractivity contribution is 7.99. The molecule has 0 aliphatic carbocycles. The zero-order valence-electron chi connectivity index (χ0n) is 16.6. The molecule has 0 amide bonds. The molecule has 0 saturated carbocycles. The van der Waals surface area contributed by atoms with Crippen molar-refractivity contribution in [3.05, 3.63) is 0 Å². The molecule has 0 N–H and O–H groups in total. The number of thioether (sulfide) groups is 1. The SMILES string of the molecule is CCCCCC(=O)OC(C)(C)C(C)(C)CCCOC(C)(C)SC. The predicted molar refractivity (Wildman–Crippen MR) is 101 cm³/mol. The molecule has 23 heavy (non-hydrogen) atoms. The number of ether oxygens (including phenoxy) is 2. The van der Waals surface area contributed by atoms with Crippen LogP contribution in [0.25, 0.3) is 0 Å². The summed E-state index contributed by atoms with van der Waals surface area (Å²) in [4.78, 5) is 11.9. The Balaban J connectivity index is 4.33. The van der Waals surface area contributed by atoms with E-state index in [9.17, 15) is 4.79 Å². The smallest absolute Gasteiger partial charge is 0.306 e. The van der Waals surface area contributed by atoms with E-state index >= 15 is 0 Å². The molecule has 0 radical (unpaired) electrons. The summed E-state index contributed by atoms with van der Waals surface area (Å²) in [5.74, 6) is -0.0729. The molecule has 0 saturated heterocycles. The average Bonchev–Trinajstić information content (AvgIpc) is 2.43. The minimum absolute atomic E-state index is 0.0729. The molecule has 0 heterocycles. The molecule has 0 unspecified atom stereocenters. The van der Waals surface area contributed by atoms with Crippen LogP contribution in [0.4, 0.5) is 0 Å². The van der Waals surface area contributed by atoms with Crippen molar-refractivity contribution in [1.29, 1.82) is 0 Å². The minimum Gasteiger partial charge on any atom is -0.459 e. The Hall–Kier alpha value is -0.220. The molecule has 0 aromatic rings. The first-order valence-corrected chi connectivity index (χ1v) is 10.1. The van der Waals surface area contributed by atoms with Crippen molar-refractivity contribution in [3.63, 3.8) is 0 Å². The van der Waals surface area contributed by atoms with Gasteiger partial charge in [-0.1, -0.05) is 33.6 Å². The third-order valence-corrected chi connectivity index (χ3v) is 5.97. The van der Waals surface area contributed by atoms with Crippen LogP contribution in [-0.2, 0) is 14.3 Å². The predicted octanol–water partition coefficient (Wildman–Crippen LogP) is 5.81. The number of hydrogen-bond donors (Lipinski definition) is 0. The van der Waals surface area contributed by atoms with E-state index in [-0.39, 0.29) is 16.3 Å². The Morgan fingerprint density at radius 1 is 1.00 bits per heavy atom. The summed E-state index contributed by atoms with van der Waals surface area (Å²) in [6, 6.07) is 0. The van der Waals surface area contributed by atoms with E-state index in [4.69, 9.17) is 9.47 Å². The quantitative estimate of drug-likeness (QED) is 0.254. The lowest BCUT2D eigenvalue weighted by atomic mass is 9.73. The summed E-state index contributed by atoms with van der Waals surface area (Å²) in [7, 11) is 0. The fraction of sp³-hybridized carbons (Fsp3) is 0.947. The van der Waals surface area contributed by atoms with Crippen LogP contribution in [0.3, 0.4) is 0 Å². The van der Waals surface area contributed by atoms with Crippen LogP contribution >= 0.6 is 11.8 Å². The second-order valence-corrected chi connectivity index (χ2v) is 9.27. The lowest BCUT2D eigenvalue weighted by Gasteiger charge is -2.41. The molecule has 0 atom stereocenters. The van der Waals surface area contributed by atoms with E-state index in [0.717, 1.165) is 38.7 Å². The van der Waals surface area contributed by atoms with E-state index in [0.29, 0.717) is 6.42 Å². The topological polar surface area (TPSA) is 35.5 Å². The second kappa shape index (κ2) is 9.93. The zero-order chi connectivity index (χ0) is 18.1. The normalized spacial score (nSPS) is 13.2. The zero-order valence-corrected chi connectivity index (χ0v) is 17.4. The van der Waals surface area contributed by atoms with Gasteiger partial charge >= 0.3 is 5.97 Å². The van der Waals surface area contributed by atoms with Crippen molar-refractivity contribution in [2.24, 2.45) is 5.41 Å². The van der Waals surface area contributed by atoms with Gasteiger partial charge in [0.1, 0.15) is 10.5 Å². The summed E-state index contributed by atoms with van der Waals surface area (Å²) in [5.41, 5.74) is -0.550. The van der Waals surface area contributed by atoms with Crippen molar-refractivity contribution in [1.82, 2.24) is 0 Å². The molecule has 3 nitrogen and oxygen atoms in total. The van der Waals surface area contributed by atoms with Crippen molar-refractivity contribution in [2.75, 3.05) is 12.9 Å². The van der Waals surface area contributed by atoms with Gasteiger partial charge in [-0.05, 0) is 53.2 Å². The molecule has 0 aromatic heterocycles. The molecule has 4 heteroatoms. The van der Waals surface area contributed by atoms with E-state index in [1.54, 1.807) is 11.8 Å². The summed E-state index contributed by atoms with van der Waals surface area (Å²) >= 11 is 1.72. The van der Waals surface area contributed by atoms with E-state index in [1.165, 1.54) is 0 Å². The first kappa shape index (κ1) is 22.8. The molecule has 0 aliphatic heterocycles. The maximum Gasteiger partial charge on any atom is 0.306 e. The molecule has 0 spiro atoms. The monoisotopic (exact) mass is 346 g/mol. The summed E-state index contributed by atoms with van der Waals surface area (Å²) in [6.07, 6.45) is 7.64. The maximum absolute atomic E-state index is 12.0. The van der Waals surface area contributed by atoms with Crippen LogP contribution in [0.5, 0.6) is 0 Å². The van der Waals surface area contributed by atoms with Gasteiger partial charge in [-0.3, -0.25) is 4.79 Å². The lowest BCUT2D eigenvalue weighted by Crippen LogP contribution is -2.43. The molecule has 0 aliphatic rings. The average molecular weight is 347 g/mol. The minimum atomic E-state index is -0.467.